The lowest BCUT2D eigenvalue weighted by Gasteiger charge is -2.07. The summed E-state index contributed by atoms with van der Waals surface area (Å²) in [4.78, 5) is 21.8. The fraction of sp³-hybridized carbons (Fsp3) is 0.0625. The molecule has 0 bridgehead atoms. The van der Waals surface area contributed by atoms with Crippen LogP contribution in [-0.2, 0) is 10.0 Å². The highest BCUT2D eigenvalue weighted by atomic mass is 32.2. The van der Waals surface area contributed by atoms with Gasteiger partial charge in [0.1, 0.15) is 0 Å². The predicted octanol–water partition coefficient (Wildman–Crippen LogP) is 2.99. The number of Topliss-reactive ketones (excluding diaryl/α,β-unsaturated/α-hetero) is 1. The first-order valence-electron chi connectivity index (χ1n) is 6.93. The lowest BCUT2D eigenvalue weighted by Crippen LogP contribution is -2.12. The summed E-state index contributed by atoms with van der Waals surface area (Å²) < 4.78 is 26.8. The van der Waals surface area contributed by atoms with E-state index in [1.807, 2.05) is 0 Å². The average Bonchev–Trinajstić information content (AvgIpc) is 2.95. The van der Waals surface area contributed by atoms with E-state index < -0.39 is 14.9 Å². The number of fused-ring (bicyclic) bond motifs is 1. The van der Waals surface area contributed by atoms with Crippen molar-refractivity contribution in [1.82, 2.24) is 3.97 Å². The molecule has 0 atom stereocenters. The molecule has 0 aliphatic heterocycles. The van der Waals surface area contributed by atoms with Crippen LogP contribution in [0.15, 0.2) is 59.6 Å². The van der Waals surface area contributed by atoms with E-state index in [0.29, 0.717) is 10.9 Å². The number of hydrogen-bond acceptors (Lipinski definition) is 5. The molecule has 0 amide bonds. The molecule has 24 heavy (non-hydrogen) atoms. The summed E-state index contributed by atoms with van der Waals surface area (Å²) in [7, 11) is -4.07. The molecule has 0 saturated carbocycles. The summed E-state index contributed by atoms with van der Waals surface area (Å²) in [5.74, 6) is -0.265. The number of nitro benzene ring substituents is 1. The number of carbonyl (C=O) groups excluding carboxylic acids is 1. The van der Waals surface area contributed by atoms with Crippen LogP contribution in [0.4, 0.5) is 5.69 Å². The minimum Gasteiger partial charge on any atom is -0.294 e. The van der Waals surface area contributed by atoms with E-state index in [9.17, 15) is 23.3 Å². The molecular formula is C16H12N2O5S. The molecule has 3 rings (SSSR count). The standard InChI is InChI=1S/C16H12N2O5S/c1-11(19)15-10-17(16-8-3-2-7-14(15)16)24(22,23)13-6-4-5-12(9-13)18(20)21/h2-10H,1H3. The van der Waals surface area contributed by atoms with Crippen LogP contribution in [-0.4, -0.2) is 23.1 Å². The third-order valence-electron chi connectivity index (χ3n) is 3.64. The van der Waals surface area contributed by atoms with Crippen molar-refractivity contribution in [2.75, 3.05) is 0 Å². The Labute approximate surface area is 137 Å². The highest BCUT2D eigenvalue weighted by molar-refractivity contribution is 7.90. The Bertz CT molecular complexity index is 1080. The summed E-state index contributed by atoms with van der Waals surface area (Å²) in [6.45, 7) is 1.35. The van der Waals surface area contributed by atoms with Gasteiger partial charge in [-0.25, -0.2) is 12.4 Å². The van der Waals surface area contributed by atoms with E-state index in [-0.39, 0.29) is 21.9 Å². The summed E-state index contributed by atoms with van der Waals surface area (Å²) in [6.07, 6.45) is 1.25. The lowest BCUT2D eigenvalue weighted by atomic mass is 10.1. The molecule has 0 spiro atoms. The van der Waals surface area contributed by atoms with Crippen LogP contribution in [0.3, 0.4) is 0 Å². The summed E-state index contributed by atoms with van der Waals surface area (Å²) in [5.41, 5.74) is 0.299. The van der Waals surface area contributed by atoms with Crippen LogP contribution in [0.5, 0.6) is 0 Å². The molecule has 0 fully saturated rings. The zero-order valence-electron chi connectivity index (χ0n) is 12.5. The molecule has 0 radical (unpaired) electrons. The molecule has 0 aliphatic rings. The average molecular weight is 344 g/mol. The van der Waals surface area contributed by atoms with Crippen LogP contribution < -0.4 is 0 Å². The van der Waals surface area contributed by atoms with Gasteiger partial charge in [-0.15, -0.1) is 0 Å². The van der Waals surface area contributed by atoms with E-state index in [0.717, 1.165) is 10.0 Å². The SMILES string of the molecule is CC(=O)c1cn(S(=O)(=O)c2cccc([N+](=O)[O-])c2)c2ccccc12. The predicted molar refractivity (Wildman–Crippen MR) is 87.6 cm³/mol. The van der Waals surface area contributed by atoms with Gasteiger partial charge in [-0.3, -0.25) is 14.9 Å². The summed E-state index contributed by atoms with van der Waals surface area (Å²) >= 11 is 0. The minimum absolute atomic E-state index is 0.215. The number of para-hydroxylation sites is 1. The zero-order chi connectivity index (χ0) is 17.5. The molecule has 2 aromatic carbocycles. The van der Waals surface area contributed by atoms with Crippen molar-refractivity contribution in [3.63, 3.8) is 0 Å². The molecule has 7 nitrogen and oxygen atoms in total. The topological polar surface area (TPSA) is 99.3 Å². The van der Waals surface area contributed by atoms with Gasteiger partial charge in [-0.2, -0.15) is 0 Å². The quantitative estimate of drug-likeness (QED) is 0.411. The van der Waals surface area contributed by atoms with Gasteiger partial charge < -0.3 is 0 Å². The van der Waals surface area contributed by atoms with E-state index in [2.05, 4.69) is 0 Å². The maximum atomic E-state index is 12.9. The molecule has 0 saturated heterocycles. The second kappa shape index (κ2) is 5.57. The number of nitro groups is 1. The van der Waals surface area contributed by atoms with E-state index in [4.69, 9.17) is 0 Å². The van der Waals surface area contributed by atoms with Gasteiger partial charge >= 0.3 is 0 Å². The van der Waals surface area contributed by atoms with Crippen molar-refractivity contribution in [2.24, 2.45) is 0 Å². The van der Waals surface area contributed by atoms with Gasteiger partial charge in [0, 0.05) is 29.3 Å². The first-order valence-corrected chi connectivity index (χ1v) is 8.37. The number of benzene rings is 2. The van der Waals surface area contributed by atoms with Gasteiger partial charge in [-0.05, 0) is 19.1 Å². The Morgan fingerprint density at radius 2 is 1.83 bits per heavy atom. The van der Waals surface area contributed by atoms with E-state index in [1.165, 1.54) is 31.3 Å². The third-order valence-corrected chi connectivity index (χ3v) is 5.31. The van der Waals surface area contributed by atoms with Crippen molar-refractivity contribution < 1.29 is 18.1 Å². The lowest BCUT2D eigenvalue weighted by molar-refractivity contribution is -0.385. The first-order chi connectivity index (χ1) is 11.3. The molecule has 0 aliphatic carbocycles. The summed E-state index contributed by atoms with van der Waals surface area (Å²) in [5, 5.41) is 11.4. The number of ketones is 1. The van der Waals surface area contributed by atoms with Crippen molar-refractivity contribution in [3.05, 3.63) is 70.4 Å². The Morgan fingerprint density at radius 1 is 1.12 bits per heavy atom. The largest absolute Gasteiger partial charge is 0.294 e. The van der Waals surface area contributed by atoms with Crippen molar-refractivity contribution in [3.8, 4) is 0 Å². The van der Waals surface area contributed by atoms with Gasteiger partial charge in [-0.1, -0.05) is 24.3 Å². The fourth-order valence-corrected chi connectivity index (χ4v) is 3.91. The smallest absolute Gasteiger partial charge is 0.270 e. The van der Waals surface area contributed by atoms with Crippen LogP contribution in [0, 0.1) is 10.1 Å². The number of hydrogen-bond donors (Lipinski definition) is 0. The highest BCUT2D eigenvalue weighted by Crippen LogP contribution is 2.27. The van der Waals surface area contributed by atoms with Gasteiger partial charge in [0.05, 0.1) is 15.3 Å². The van der Waals surface area contributed by atoms with Crippen LogP contribution in [0.2, 0.25) is 0 Å². The second-order valence-electron chi connectivity index (χ2n) is 5.17. The normalized spacial score (nSPS) is 11.5. The zero-order valence-corrected chi connectivity index (χ0v) is 13.4. The van der Waals surface area contributed by atoms with Crippen LogP contribution >= 0.6 is 0 Å². The Morgan fingerprint density at radius 3 is 2.50 bits per heavy atom. The molecule has 0 N–H and O–H groups in total. The van der Waals surface area contributed by atoms with Gasteiger partial charge in [0.15, 0.2) is 5.78 Å². The van der Waals surface area contributed by atoms with Crippen LogP contribution in [0.25, 0.3) is 10.9 Å². The molecule has 8 heteroatoms. The number of carbonyl (C=O) groups is 1. The molecule has 0 unspecified atom stereocenters. The number of rotatable bonds is 4. The molecule has 1 aromatic heterocycles. The molecule has 122 valence electrons. The first kappa shape index (κ1) is 15.9. The van der Waals surface area contributed by atoms with Crippen molar-refractivity contribution in [2.45, 2.75) is 11.8 Å². The highest BCUT2D eigenvalue weighted by Gasteiger charge is 2.24. The maximum Gasteiger partial charge on any atom is 0.270 e. The molecule has 3 aromatic rings. The number of aromatic nitrogens is 1. The fourth-order valence-electron chi connectivity index (χ4n) is 2.50. The number of nitrogens with zero attached hydrogens (tertiary/aromatic N) is 2. The van der Waals surface area contributed by atoms with Gasteiger partial charge in [0.2, 0.25) is 0 Å². The van der Waals surface area contributed by atoms with Gasteiger partial charge in [0.25, 0.3) is 15.7 Å². The van der Waals surface area contributed by atoms with Crippen molar-refractivity contribution in [1.29, 1.82) is 0 Å². The Hall–Kier alpha value is -3.00. The molecular weight excluding hydrogens is 332 g/mol. The van der Waals surface area contributed by atoms with E-state index in [1.54, 1.807) is 24.3 Å². The van der Waals surface area contributed by atoms with E-state index >= 15 is 0 Å². The Kier molecular flexibility index (Phi) is 3.69. The number of non-ortho nitro benzene ring substituents is 1. The second-order valence-corrected chi connectivity index (χ2v) is 6.99. The van der Waals surface area contributed by atoms with Crippen molar-refractivity contribution >= 4 is 32.4 Å². The minimum atomic E-state index is -4.07. The third kappa shape index (κ3) is 2.46. The Balaban J connectivity index is 2.28. The summed E-state index contributed by atoms with van der Waals surface area (Å²) in [6, 6.07) is 11.4. The molecule has 1 heterocycles. The van der Waals surface area contributed by atoms with Crippen LogP contribution in [0.1, 0.15) is 17.3 Å². The maximum absolute atomic E-state index is 12.9. The monoisotopic (exact) mass is 344 g/mol.